The highest BCUT2D eigenvalue weighted by molar-refractivity contribution is 5.69. The van der Waals surface area contributed by atoms with Crippen LogP contribution in [0.15, 0.2) is 18.2 Å². The summed E-state index contributed by atoms with van der Waals surface area (Å²) in [6.07, 6.45) is 2.80. The standard InChI is InChI=1S/C14H20O5/c1-2-18-13(16)9-4-3-5-10-19-12-8-6-7-11(15)14(12)17/h6-8,15,17H,2-5,9-10H2,1H3. The van der Waals surface area contributed by atoms with Crippen LogP contribution in [0.4, 0.5) is 0 Å². The van der Waals surface area contributed by atoms with E-state index in [4.69, 9.17) is 9.47 Å². The van der Waals surface area contributed by atoms with Crippen LogP contribution in [-0.2, 0) is 9.53 Å². The number of phenolic OH excluding ortho intramolecular Hbond substituents is 2. The highest BCUT2D eigenvalue weighted by Gasteiger charge is 2.06. The first kappa shape index (κ1) is 15.1. The number of aromatic hydroxyl groups is 2. The van der Waals surface area contributed by atoms with Gasteiger partial charge in [0.1, 0.15) is 0 Å². The van der Waals surface area contributed by atoms with Gasteiger partial charge in [-0.3, -0.25) is 4.79 Å². The van der Waals surface area contributed by atoms with Gasteiger partial charge in [-0.05, 0) is 38.3 Å². The number of benzene rings is 1. The van der Waals surface area contributed by atoms with Crippen molar-refractivity contribution in [2.24, 2.45) is 0 Å². The molecule has 0 spiro atoms. The van der Waals surface area contributed by atoms with Gasteiger partial charge < -0.3 is 19.7 Å². The molecule has 0 aliphatic heterocycles. The Bertz CT molecular complexity index is 403. The molecule has 0 aliphatic carbocycles. The van der Waals surface area contributed by atoms with Crippen LogP contribution in [0.5, 0.6) is 17.2 Å². The molecule has 0 amide bonds. The SMILES string of the molecule is CCOC(=O)CCCCCOc1cccc(O)c1O. The van der Waals surface area contributed by atoms with Crippen LogP contribution in [-0.4, -0.2) is 29.4 Å². The predicted octanol–water partition coefficient (Wildman–Crippen LogP) is 2.60. The second kappa shape index (κ2) is 8.24. The summed E-state index contributed by atoms with van der Waals surface area (Å²) < 4.78 is 10.2. The number of unbranched alkanes of at least 4 members (excludes halogenated alkanes) is 2. The van der Waals surface area contributed by atoms with E-state index in [1.54, 1.807) is 19.1 Å². The van der Waals surface area contributed by atoms with Gasteiger partial charge in [0.2, 0.25) is 5.75 Å². The van der Waals surface area contributed by atoms with E-state index in [0.717, 1.165) is 19.3 Å². The number of esters is 1. The van der Waals surface area contributed by atoms with Crippen LogP contribution < -0.4 is 4.74 Å². The molecule has 5 heteroatoms. The quantitative estimate of drug-likeness (QED) is 0.430. The molecule has 0 saturated heterocycles. The first-order chi connectivity index (χ1) is 9.15. The molecule has 0 unspecified atom stereocenters. The van der Waals surface area contributed by atoms with Crippen molar-refractivity contribution in [1.29, 1.82) is 0 Å². The van der Waals surface area contributed by atoms with Crippen molar-refractivity contribution in [3.05, 3.63) is 18.2 Å². The summed E-state index contributed by atoms with van der Waals surface area (Å²) >= 11 is 0. The predicted molar refractivity (Wildman–Crippen MR) is 70.4 cm³/mol. The van der Waals surface area contributed by atoms with Crippen molar-refractivity contribution in [1.82, 2.24) is 0 Å². The van der Waals surface area contributed by atoms with Crippen LogP contribution in [0.25, 0.3) is 0 Å². The van der Waals surface area contributed by atoms with Gasteiger partial charge in [0.25, 0.3) is 0 Å². The van der Waals surface area contributed by atoms with Gasteiger partial charge in [-0.2, -0.15) is 0 Å². The number of carbonyl (C=O) groups is 1. The lowest BCUT2D eigenvalue weighted by molar-refractivity contribution is -0.143. The van der Waals surface area contributed by atoms with E-state index >= 15 is 0 Å². The minimum atomic E-state index is -0.242. The van der Waals surface area contributed by atoms with Gasteiger partial charge in [-0.1, -0.05) is 6.07 Å². The maximum atomic E-state index is 11.1. The molecule has 1 rings (SSSR count). The molecule has 1 aromatic rings. The number of para-hydroxylation sites is 1. The van der Waals surface area contributed by atoms with Crippen LogP contribution in [0.2, 0.25) is 0 Å². The molecule has 0 fully saturated rings. The molecular formula is C14H20O5. The third-order valence-electron chi connectivity index (χ3n) is 2.57. The Balaban J connectivity index is 2.14. The van der Waals surface area contributed by atoms with Gasteiger partial charge in [-0.15, -0.1) is 0 Å². The maximum Gasteiger partial charge on any atom is 0.305 e. The van der Waals surface area contributed by atoms with E-state index in [1.807, 2.05) is 0 Å². The lowest BCUT2D eigenvalue weighted by atomic mass is 10.2. The molecule has 106 valence electrons. The molecule has 0 saturated carbocycles. The van der Waals surface area contributed by atoms with E-state index in [9.17, 15) is 15.0 Å². The third kappa shape index (κ3) is 5.50. The Kier molecular flexibility index (Phi) is 6.57. The van der Waals surface area contributed by atoms with Crippen LogP contribution in [0, 0.1) is 0 Å². The molecular weight excluding hydrogens is 248 g/mol. The highest BCUT2D eigenvalue weighted by Crippen LogP contribution is 2.34. The van der Waals surface area contributed by atoms with Crippen LogP contribution in [0.1, 0.15) is 32.6 Å². The lowest BCUT2D eigenvalue weighted by Crippen LogP contribution is -2.04. The lowest BCUT2D eigenvalue weighted by Gasteiger charge is -2.08. The summed E-state index contributed by atoms with van der Waals surface area (Å²) in [5.41, 5.74) is 0. The average molecular weight is 268 g/mol. The molecule has 0 heterocycles. The zero-order valence-electron chi connectivity index (χ0n) is 11.1. The van der Waals surface area contributed by atoms with Gasteiger partial charge >= 0.3 is 5.97 Å². The molecule has 0 atom stereocenters. The summed E-state index contributed by atoms with van der Waals surface area (Å²) in [5.74, 6) is -0.340. The van der Waals surface area contributed by atoms with Gasteiger partial charge in [0.05, 0.1) is 13.2 Å². The zero-order valence-corrected chi connectivity index (χ0v) is 11.1. The minimum absolute atomic E-state index is 0.172. The Morgan fingerprint density at radius 3 is 2.74 bits per heavy atom. The molecule has 0 aromatic heterocycles. The second-order valence-corrected chi connectivity index (χ2v) is 4.09. The van der Waals surface area contributed by atoms with Gasteiger partial charge in [-0.25, -0.2) is 0 Å². The number of hydrogen-bond acceptors (Lipinski definition) is 5. The molecule has 0 aliphatic rings. The fourth-order valence-electron chi connectivity index (χ4n) is 1.59. The van der Waals surface area contributed by atoms with Crippen molar-refractivity contribution < 1.29 is 24.5 Å². The highest BCUT2D eigenvalue weighted by atomic mass is 16.5. The first-order valence-electron chi connectivity index (χ1n) is 6.44. The number of carbonyl (C=O) groups excluding carboxylic acids is 1. The molecule has 0 radical (unpaired) electrons. The summed E-state index contributed by atoms with van der Waals surface area (Å²) in [4.78, 5) is 11.1. The number of ether oxygens (including phenoxy) is 2. The van der Waals surface area contributed by atoms with Gasteiger partial charge in [0.15, 0.2) is 11.5 Å². The van der Waals surface area contributed by atoms with E-state index in [-0.39, 0.29) is 23.2 Å². The second-order valence-electron chi connectivity index (χ2n) is 4.09. The summed E-state index contributed by atoms with van der Waals surface area (Å²) in [7, 11) is 0. The first-order valence-corrected chi connectivity index (χ1v) is 6.44. The van der Waals surface area contributed by atoms with E-state index < -0.39 is 0 Å². The van der Waals surface area contributed by atoms with Crippen molar-refractivity contribution in [2.75, 3.05) is 13.2 Å². The van der Waals surface area contributed by atoms with Crippen LogP contribution in [0.3, 0.4) is 0 Å². The number of rotatable bonds is 8. The van der Waals surface area contributed by atoms with Crippen molar-refractivity contribution in [2.45, 2.75) is 32.6 Å². The third-order valence-corrected chi connectivity index (χ3v) is 2.57. The topological polar surface area (TPSA) is 76.0 Å². The van der Waals surface area contributed by atoms with Crippen molar-refractivity contribution in [3.63, 3.8) is 0 Å². The summed E-state index contributed by atoms with van der Waals surface area (Å²) in [6, 6.07) is 4.58. The average Bonchev–Trinajstić information content (AvgIpc) is 2.38. The van der Waals surface area contributed by atoms with Gasteiger partial charge in [0, 0.05) is 6.42 Å². The fourth-order valence-corrected chi connectivity index (χ4v) is 1.59. The summed E-state index contributed by atoms with van der Waals surface area (Å²) in [6.45, 7) is 2.63. The Morgan fingerprint density at radius 1 is 1.21 bits per heavy atom. The fraction of sp³-hybridized carbons (Fsp3) is 0.500. The maximum absolute atomic E-state index is 11.1. The molecule has 0 bridgehead atoms. The largest absolute Gasteiger partial charge is 0.504 e. The summed E-state index contributed by atoms with van der Waals surface area (Å²) in [5, 5.41) is 18.8. The number of phenols is 2. The molecule has 5 nitrogen and oxygen atoms in total. The van der Waals surface area contributed by atoms with Crippen molar-refractivity contribution >= 4 is 5.97 Å². The zero-order chi connectivity index (χ0) is 14.1. The monoisotopic (exact) mass is 268 g/mol. The van der Waals surface area contributed by atoms with Crippen molar-refractivity contribution in [3.8, 4) is 17.2 Å². The molecule has 1 aromatic carbocycles. The minimum Gasteiger partial charge on any atom is -0.504 e. The normalized spacial score (nSPS) is 10.2. The smallest absolute Gasteiger partial charge is 0.305 e. The van der Waals surface area contributed by atoms with Crippen LogP contribution >= 0.6 is 0 Å². The Labute approximate surface area is 112 Å². The number of hydrogen-bond donors (Lipinski definition) is 2. The Hall–Kier alpha value is -1.91. The Morgan fingerprint density at radius 2 is 2.00 bits per heavy atom. The van der Waals surface area contributed by atoms with E-state index in [0.29, 0.717) is 19.6 Å². The van der Waals surface area contributed by atoms with E-state index in [1.165, 1.54) is 6.07 Å². The molecule has 2 N–H and O–H groups in total. The van der Waals surface area contributed by atoms with E-state index in [2.05, 4.69) is 0 Å². The molecule has 19 heavy (non-hydrogen) atoms.